The summed E-state index contributed by atoms with van der Waals surface area (Å²) in [6.45, 7) is 2.94. The van der Waals surface area contributed by atoms with Crippen LogP contribution in [0.1, 0.15) is 30.0 Å². The summed E-state index contributed by atoms with van der Waals surface area (Å²) < 4.78 is 22.8. The zero-order valence-corrected chi connectivity index (χ0v) is 18.4. The normalized spacial score (nSPS) is 15.7. The molecule has 1 aliphatic rings. The molecule has 1 heterocycles. The van der Waals surface area contributed by atoms with E-state index in [0.717, 1.165) is 37.0 Å². The lowest BCUT2D eigenvalue weighted by Gasteiger charge is -2.32. The lowest BCUT2D eigenvalue weighted by Crippen LogP contribution is -2.39. The van der Waals surface area contributed by atoms with E-state index in [1.807, 2.05) is 42.3 Å². The highest BCUT2D eigenvalue weighted by molar-refractivity contribution is 7.88. The molecule has 1 atom stereocenters. The molecule has 0 saturated carbocycles. The molecule has 162 valence electrons. The van der Waals surface area contributed by atoms with Crippen molar-refractivity contribution in [3.8, 4) is 0 Å². The van der Waals surface area contributed by atoms with Gasteiger partial charge in [0.1, 0.15) is 0 Å². The molecule has 30 heavy (non-hydrogen) atoms. The number of sulfonamides is 1. The number of rotatable bonds is 9. The number of hydrogen-bond donors (Lipinski definition) is 2. The Hall–Kier alpha value is -2.42. The van der Waals surface area contributed by atoms with Gasteiger partial charge in [0.15, 0.2) is 0 Å². The summed E-state index contributed by atoms with van der Waals surface area (Å²) in [5, 5.41) is 0. The van der Waals surface area contributed by atoms with Crippen molar-refractivity contribution in [1.29, 1.82) is 0 Å². The molecule has 0 aromatic heterocycles. The highest BCUT2D eigenvalue weighted by Gasteiger charge is 2.26. The van der Waals surface area contributed by atoms with Crippen LogP contribution in [0.25, 0.3) is 0 Å². The number of benzene rings is 2. The van der Waals surface area contributed by atoms with Crippen LogP contribution in [0.4, 0.5) is 5.69 Å². The van der Waals surface area contributed by atoms with Crippen molar-refractivity contribution < 1.29 is 13.2 Å². The van der Waals surface area contributed by atoms with E-state index in [1.54, 1.807) is 12.1 Å². The van der Waals surface area contributed by atoms with Crippen LogP contribution in [-0.4, -0.2) is 57.1 Å². The van der Waals surface area contributed by atoms with Gasteiger partial charge in [-0.05, 0) is 43.1 Å². The molecule has 2 N–H and O–H groups in total. The number of carbonyl (C=O) groups excluding carboxylic acids is 1. The van der Waals surface area contributed by atoms with Gasteiger partial charge in [0.2, 0.25) is 15.9 Å². The van der Waals surface area contributed by atoms with Gasteiger partial charge in [0.25, 0.3) is 0 Å². The SMILES string of the molecule is CN(C(=O)Cc1ccccc1NNS(C)(=O)=O)[C@H](CN1CCCC1)c1ccccc1. The summed E-state index contributed by atoms with van der Waals surface area (Å²) in [5.41, 5.74) is 5.12. The summed E-state index contributed by atoms with van der Waals surface area (Å²) in [7, 11) is -1.56. The van der Waals surface area contributed by atoms with E-state index in [-0.39, 0.29) is 18.4 Å². The fourth-order valence-electron chi connectivity index (χ4n) is 3.74. The van der Waals surface area contributed by atoms with Crippen molar-refractivity contribution >= 4 is 21.6 Å². The maximum Gasteiger partial charge on any atom is 0.227 e. The van der Waals surface area contributed by atoms with Gasteiger partial charge in [0.05, 0.1) is 24.4 Å². The Labute approximate surface area is 179 Å². The summed E-state index contributed by atoms with van der Waals surface area (Å²) in [6, 6.07) is 17.3. The second-order valence-electron chi connectivity index (χ2n) is 7.77. The first-order chi connectivity index (χ1) is 14.3. The third kappa shape index (κ3) is 6.29. The van der Waals surface area contributed by atoms with Gasteiger partial charge in [-0.2, -0.15) is 0 Å². The van der Waals surface area contributed by atoms with E-state index in [9.17, 15) is 13.2 Å². The highest BCUT2D eigenvalue weighted by atomic mass is 32.2. The molecule has 0 aliphatic carbocycles. The van der Waals surface area contributed by atoms with Crippen molar-refractivity contribution in [3.63, 3.8) is 0 Å². The largest absolute Gasteiger partial charge is 0.337 e. The van der Waals surface area contributed by atoms with E-state index in [1.165, 1.54) is 12.8 Å². The quantitative estimate of drug-likeness (QED) is 0.597. The Morgan fingerprint density at radius 3 is 2.37 bits per heavy atom. The summed E-state index contributed by atoms with van der Waals surface area (Å²) in [5.74, 6) is -0.0170. The lowest BCUT2D eigenvalue weighted by molar-refractivity contribution is -0.131. The maximum atomic E-state index is 13.2. The van der Waals surface area contributed by atoms with Crippen LogP contribution in [0, 0.1) is 0 Å². The molecule has 8 heteroatoms. The van der Waals surface area contributed by atoms with Gasteiger partial charge in [-0.1, -0.05) is 48.5 Å². The molecule has 2 aromatic rings. The van der Waals surface area contributed by atoms with Crippen LogP contribution in [0.15, 0.2) is 54.6 Å². The second kappa shape index (κ2) is 10.1. The third-order valence-corrected chi connectivity index (χ3v) is 5.88. The molecule has 0 radical (unpaired) electrons. The van der Waals surface area contributed by atoms with Crippen LogP contribution >= 0.6 is 0 Å². The monoisotopic (exact) mass is 430 g/mol. The van der Waals surface area contributed by atoms with Crippen LogP contribution < -0.4 is 10.3 Å². The summed E-state index contributed by atoms with van der Waals surface area (Å²) >= 11 is 0. The van der Waals surface area contributed by atoms with Gasteiger partial charge in [0, 0.05) is 13.6 Å². The van der Waals surface area contributed by atoms with Gasteiger partial charge in [-0.15, -0.1) is 4.83 Å². The number of amides is 1. The minimum absolute atomic E-state index is 0.0170. The van der Waals surface area contributed by atoms with Crippen LogP contribution in [-0.2, 0) is 21.2 Å². The average molecular weight is 431 g/mol. The van der Waals surface area contributed by atoms with Crippen molar-refractivity contribution in [3.05, 3.63) is 65.7 Å². The Morgan fingerprint density at radius 1 is 1.07 bits per heavy atom. The molecule has 0 bridgehead atoms. The summed E-state index contributed by atoms with van der Waals surface area (Å²) in [4.78, 5) is 19.7. The molecule has 0 spiro atoms. The number of para-hydroxylation sites is 1. The zero-order chi connectivity index (χ0) is 21.6. The van der Waals surface area contributed by atoms with E-state index in [4.69, 9.17) is 0 Å². The van der Waals surface area contributed by atoms with E-state index >= 15 is 0 Å². The molecular weight excluding hydrogens is 400 g/mol. The van der Waals surface area contributed by atoms with Crippen LogP contribution in [0.3, 0.4) is 0 Å². The zero-order valence-electron chi connectivity index (χ0n) is 17.5. The van der Waals surface area contributed by atoms with Gasteiger partial charge < -0.3 is 15.2 Å². The number of nitrogens with zero attached hydrogens (tertiary/aromatic N) is 2. The number of hydrazine groups is 1. The van der Waals surface area contributed by atoms with Gasteiger partial charge >= 0.3 is 0 Å². The van der Waals surface area contributed by atoms with Crippen molar-refractivity contribution in [2.24, 2.45) is 0 Å². The smallest absolute Gasteiger partial charge is 0.227 e. The van der Waals surface area contributed by atoms with Crippen molar-refractivity contribution in [2.45, 2.75) is 25.3 Å². The Bertz CT molecular complexity index is 944. The van der Waals surface area contributed by atoms with Crippen molar-refractivity contribution in [1.82, 2.24) is 14.6 Å². The predicted octanol–water partition coefficient (Wildman–Crippen LogP) is 2.40. The molecule has 7 nitrogen and oxygen atoms in total. The molecule has 3 rings (SSSR count). The van der Waals surface area contributed by atoms with E-state index < -0.39 is 10.0 Å². The minimum atomic E-state index is -3.41. The standard InChI is InChI=1S/C22H30N4O3S/c1-25(21(17-26-14-8-9-15-26)18-10-4-3-5-11-18)22(27)16-19-12-6-7-13-20(19)23-24-30(2,28)29/h3-7,10-13,21,23-24H,8-9,14-17H2,1-2H3/t21-/m1/s1. The topological polar surface area (TPSA) is 81.8 Å². The van der Waals surface area contributed by atoms with Gasteiger partial charge in [-0.25, -0.2) is 8.42 Å². The summed E-state index contributed by atoms with van der Waals surface area (Å²) in [6.07, 6.45) is 3.65. The number of likely N-dealkylation sites (N-methyl/N-ethyl adjacent to an activating group) is 1. The first-order valence-corrected chi connectivity index (χ1v) is 12.1. The molecule has 2 aromatic carbocycles. The molecule has 1 fully saturated rings. The van der Waals surface area contributed by atoms with Crippen LogP contribution in [0.5, 0.6) is 0 Å². The first-order valence-electron chi connectivity index (χ1n) is 10.2. The Morgan fingerprint density at radius 2 is 1.70 bits per heavy atom. The Kier molecular flexibility index (Phi) is 7.47. The maximum absolute atomic E-state index is 13.2. The van der Waals surface area contributed by atoms with E-state index in [2.05, 4.69) is 27.3 Å². The minimum Gasteiger partial charge on any atom is -0.337 e. The van der Waals surface area contributed by atoms with E-state index in [0.29, 0.717) is 5.69 Å². The Balaban J connectivity index is 1.75. The third-order valence-electron chi connectivity index (χ3n) is 5.41. The molecular formula is C22H30N4O3S. The number of likely N-dealkylation sites (tertiary alicyclic amines) is 1. The molecule has 0 unspecified atom stereocenters. The number of nitrogens with one attached hydrogen (secondary N) is 2. The lowest BCUT2D eigenvalue weighted by atomic mass is 10.0. The molecule has 1 amide bonds. The fraction of sp³-hybridized carbons (Fsp3) is 0.409. The number of anilines is 1. The average Bonchev–Trinajstić information content (AvgIpc) is 3.24. The van der Waals surface area contributed by atoms with Crippen molar-refractivity contribution in [2.75, 3.05) is 38.4 Å². The number of hydrogen-bond acceptors (Lipinski definition) is 5. The molecule has 1 saturated heterocycles. The molecule has 1 aliphatic heterocycles. The van der Waals surface area contributed by atoms with Gasteiger partial charge in [-0.3, -0.25) is 4.79 Å². The van der Waals surface area contributed by atoms with Crippen LogP contribution in [0.2, 0.25) is 0 Å². The predicted molar refractivity (Wildman–Crippen MR) is 119 cm³/mol. The second-order valence-corrected chi connectivity index (χ2v) is 9.52. The fourth-order valence-corrected chi connectivity index (χ4v) is 4.04. The first kappa shape index (κ1) is 22.3. The number of carbonyl (C=O) groups is 1. The highest BCUT2D eigenvalue weighted by Crippen LogP contribution is 2.24.